The minimum Gasteiger partial charge on any atom is -0.449 e. The second kappa shape index (κ2) is 8.37. The first-order chi connectivity index (χ1) is 12.2. The van der Waals surface area contributed by atoms with Crippen LogP contribution in [-0.2, 0) is 20.5 Å². The summed E-state index contributed by atoms with van der Waals surface area (Å²) in [5.74, 6) is -1.56. The molecule has 1 N–H and O–H groups in total. The third-order valence-electron chi connectivity index (χ3n) is 3.17. The summed E-state index contributed by atoms with van der Waals surface area (Å²) >= 11 is 7.26. The van der Waals surface area contributed by atoms with Crippen LogP contribution >= 0.6 is 22.9 Å². The minimum absolute atomic E-state index is 0.0674. The summed E-state index contributed by atoms with van der Waals surface area (Å²) in [6.07, 6.45) is -3.12. The fraction of sp³-hybridized carbons (Fsp3) is 0.176. The largest absolute Gasteiger partial charge is 0.449 e. The molecular weight excluding hydrogens is 391 g/mol. The third-order valence-corrected chi connectivity index (χ3v) is 4.20. The molecule has 0 radical (unpaired) electrons. The molecule has 0 aliphatic heterocycles. The van der Waals surface area contributed by atoms with Crippen molar-refractivity contribution in [2.24, 2.45) is 0 Å². The monoisotopic (exact) mass is 403 g/mol. The molecule has 0 fully saturated rings. The third kappa shape index (κ3) is 5.60. The predicted octanol–water partition coefficient (Wildman–Crippen LogP) is 5.00. The lowest BCUT2D eigenvalue weighted by molar-refractivity contribution is -0.148. The lowest BCUT2D eigenvalue weighted by atomic mass is 10.2. The molecular formula is C17H13ClF3NO3S. The van der Waals surface area contributed by atoms with E-state index in [1.165, 1.54) is 24.3 Å². The highest BCUT2D eigenvalue weighted by atomic mass is 35.5. The molecule has 1 aromatic heterocycles. The average Bonchev–Trinajstić information content (AvgIpc) is 3.07. The molecule has 0 aliphatic rings. The maximum Gasteiger partial charge on any atom is 0.416 e. The summed E-state index contributed by atoms with van der Waals surface area (Å²) in [7, 11) is 0. The number of thiophene rings is 1. The number of rotatable bonds is 5. The molecule has 26 heavy (non-hydrogen) atoms. The maximum absolute atomic E-state index is 12.7. The van der Waals surface area contributed by atoms with Crippen LogP contribution in [0.4, 0.5) is 18.9 Å². The first kappa shape index (κ1) is 20.0. The van der Waals surface area contributed by atoms with Crippen LogP contribution in [-0.4, -0.2) is 18.0 Å². The minimum atomic E-state index is -4.57. The molecule has 4 nitrogen and oxygen atoms in total. The molecule has 1 heterocycles. The number of benzene rings is 1. The molecule has 1 atom stereocenters. The Morgan fingerprint density at radius 3 is 2.65 bits per heavy atom. The van der Waals surface area contributed by atoms with Crippen molar-refractivity contribution in [2.75, 3.05) is 5.32 Å². The second-order valence-electron chi connectivity index (χ2n) is 5.15. The molecule has 0 aliphatic carbocycles. The average molecular weight is 404 g/mol. The Hall–Kier alpha value is -2.32. The van der Waals surface area contributed by atoms with Gasteiger partial charge in [0.2, 0.25) is 0 Å². The van der Waals surface area contributed by atoms with Gasteiger partial charge in [-0.1, -0.05) is 11.6 Å². The summed E-state index contributed by atoms with van der Waals surface area (Å²) in [5, 5.41) is 5.81. The standard InChI is InChI=1S/C17H13ClF3NO3S/c1-10(25-15(23)5-2-11-6-7-26-9-11)16(24)22-14-8-12(17(19,20)21)3-4-13(14)18/h2-10H,1H3,(H,22,24)/b5-2+/t10-/m1/s1. The van der Waals surface area contributed by atoms with Gasteiger partial charge in [-0.25, -0.2) is 4.79 Å². The van der Waals surface area contributed by atoms with Crippen molar-refractivity contribution in [2.45, 2.75) is 19.2 Å². The van der Waals surface area contributed by atoms with E-state index in [1.54, 1.807) is 6.07 Å². The van der Waals surface area contributed by atoms with E-state index < -0.39 is 29.7 Å². The number of nitrogens with one attached hydrogen (secondary N) is 1. The smallest absolute Gasteiger partial charge is 0.416 e. The van der Waals surface area contributed by atoms with Gasteiger partial charge < -0.3 is 10.1 Å². The van der Waals surface area contributed by atoms with Gasteiger partial charge in [0.25, 0.3) is 5.91 Å². The molecule has 1 amide bonds. The lowest BCUT2D eigenvalue weighted by Crippen LogP contribution is -2.29. The molecule has 138 valence electrons. The normalized spacial score (nSPS) is 12.8. The number of hydrogen-bond acceptors (Lipinski definition) is 4. The van der Waals surface area contributed by atoms with Crippen molar-refractivity contribution in [3.8, 4) is 0 Å². The van der Waals surface area contributed by atoms with Gasteiger partial charge in [-0.05, 0) is 53.6 Å². The maximum atomic E-state index is 12.7. The lowest BCUT2D eigenvalue weighted by Gasteiger charge is -2.15. The van der Waals surface area contributed by atoms with Crippen LogP contribution in [0, 0.1) is 0 Å². The van der Waals surface area contributed by atoms with Crippen molar-refractivity contribution < 1.29 is 27.5 Å². The highest BCUT2D eigenvalue weighted by Crippen LogP contribution is 2.33. The highest BCUT2D eigenvalue weighted by molar-refractivity contribution is 7.08. The number of halogens is 4. The number of ether oxygens (including phenoxy) is 1. The van der Waals surface area contributed by atoms with E-state index in [0.29, 0.717) is 6.07 Å². The van der Waals surface area contributed by atoms with Gasteiger partial charge in [-0.15, -0.1) is 0 Å². The van der Waals surface area contributed by atoms with E-state index in [2.05, 4.69) is 5.32 Å². The molecule has 0 spiro atoms. The van der Waals surface area contributed by atoms with Gasteiger partial charge >= 0.3 is 12.1 Å². The summed E-state index contributed by atoms with van der Waals surface area (Å²) in [5.41, 5.74) is -0.372. The number of esters is 1. The summed E-state index contributed by atoms with van der Waals surface area (Å²) in [6.45, 7) is 1.30. The van der Waals surface area contributed by atoms with Crippen LogP contribution in [0.25, 0.3) is 6.08 Å². The number of carbonyl (C=O) groups is 2. The van der Waals surface area contributed by atoms with Gasteiger partial charge in [0.05, 0.1) is 16.3 Å². The number of alkyl halides is 3. The number of amides is 1. The molecule has 0 saturated carbocycles. The van der Waals surface area contributed by atoms with Crippen molar-refractivity contribution in [3.05, 3.63) is 57.3 Å². The Morgan fingerprint density at radius 1 is 1.31 bits per heavy atom. The van der Waals surface area contributed by atoms with Crippen LogP contribution in [0.2, 0.25) is 5.02 Å². The first-order valence-electron chi connectivity index (χ1n) is 7.25. The van der Waals surface area contributed by atoms with Crippen LogP contribution in [0.15, 0.2) is 41.1 Å². The zero-order valence-electron chi connectivity index (χ0n) is 13.3. The number of anilines is 1. The Labute approximate surface area is 156 Å². The fourth-order valence-electron chi connectivity index (χ4n) is 1.83. The fourth-order valence-corrected chi connectivity index (χ4v) is 2.63. The van der Waals surface area contributed by atoms with Crippen LogP contribution in [0.5, 0.6) is 0 Å². The quantitative estimate of drug-likeness (QED) is 0.564. The Morgan fingerprint density at radius 2 is 2.04 bits per heavy atom. The molecule has 2 aromatic rings. The second-order valence-corrected chi connectivity index (χ2v) is 6.34. The SMILES string of the molecule is C[C@@H](OC(=O)/C=C/c1ccsc1)C(=O)Nc1cc(C(F)(F)F)ccc1Cl. The van der Waals surface area contributed by atoms with E-state index >= 15 is 0 Å². The summed E-state index contributed by atoms with van der Waals surface area (Å²) in [4.78, 5) is 23.7. The van der Waals surface area contributed by atoms with Gasteiger partial charge in [0, 0.05) is 6.08 Å². The summed E-state index contributed by atoms with van der Waals surface area (Å²) in [6, 6.07) is 4.34. The Bertz CT molecular complexity index is 819. The van der Waals surface area contributed by atoms with Crippen molar-refractivity contribution >= 4 is 46.6 Å². The van der Waals surface area contributed by atoms with Crippen LogP contribution in [0.1, 0.15) is 18.1 Å². The molecule has 2 rings (SSSR count). The molecule has 1 aromatic carbocycles. The van der Waals surface area contributed by atoms with E-state index in [0.717, 1.165) is 23.8 Å². The molecule has 0 unspecified atom stereocenters. The first-order valence-corrected chi connectivity index (χ1v) is 8.57. The molecule has 0 bridgehead atoms. The summed E-state index contributed by atoms with van der Waals surface area (Å²) < 4.78 is 43.1. The van der Waals surface area contributed by atoms with Crippen molar-refractivity contribution in [1.82, 2.24) is 0 Å². The Balaban J connectivity index is 1.99. The van der Waals surface area contributed by atoms with Gasteiger partial charge in [-0.2, -0.15) is 24.5 Å². The zero-order valence-corrected chi connectivity index (χ0v) is 14.9. The Kier molecular flexibility index (Phi) is 6.44. The topological polar surface area (TPSA) is 55.4 Å². The highest BCUT2D eigenvalue weighted by Gasteiger charge is 2.31. The van der Waals surface area contributed by atoms with E-state index in [-0.39, 0.29) is 10.7 Å². The van der Waals surface area contributed by atoms with E-state index in [4.69, 9.17) is 16.3 Å². The van der Waals surface area contributed by atoms with Crippen LogP contribution in [0.3, 0.4) is 0 Å². The van der Waals surface area contributed by atoms with E-state index in [1.807, 2.05) is 10.8 Å². The van der Waals surface area contributed by atoms with Crippen molar-refractivity contribution in [1.29, 1.82) is 0 Å². The predicted molar refractivity (Wildman–Crippen MR) is 94.0 cm³/mol. The van der Waals surface area contributed by atoms with Gasteiger partial charge in [0.15, 0.2) is 6.10 Å². The van der Waals surface area contributed by atoms with Crippen molar-refractivity contribution in [3.63, 3.8) is 0 Å². The molecule has 9 heteroatoms. The zero-order chi connectivity index (χ0) is 19.3. The van der Waals surface area contributed by atoms with Gasteiger partial charge in [-0.3, -0.25) is 4.79 Å². The number of hydrogen-bond donors (Lipinski definition) is 1. The molecule has 0 saturated heterocycles. The van der Waals surface area contributed by atoms with Crippen LogP contribution < -0.4 is 5.32 Å². The van der Waals surface area contributed by atoms with Gasteiger partial charge in [0.1, 0.15) is 0 Å². The van der Waals surface area contributed by atoms with E-state index in [9.17, 15) is 22.8 Å². The number of carbonyl (C=O) groups excluding carboxylic acids is 2.